The molecule has 0 bridgehead atoms. The first-order valence-corrected chi connectivity index (χ1v) is 9.86. The third kappa shape index (κ3) is 7.07. The molecule has 0 atom stereocenters. The number of carbonyl (C=O) groups excluding carboxylic acids is 3. The number of ether oxygens (including phenoxy) is 3. The number of thiazole rings is 1. The highest BCUT2D eigenvalue weighted by atomic mass is 32.1. The molecule has 0 aliphatic rings. The standard InChI is InChI=1S/C19H23N3O6S/c1-4-26-14-7-6-13(8-15(14)27-5-2)18(25)20-9-17(24)28-10-16(23)22-19-21-12(3)11-29-19/h6-8,11H,4-5,9-10H2,1-3H3,(H,20,25)(H,21,22,23). The Labute approximate surface area is 172 Å². The molecule has 2 N–H and O–H groups in total. The molecule has 2 aromatic rings. The number of rotatable bonds is 10. The number of esters is 1. The highest BCUT2D eigenvalue weighted by Crippen LogP contribution is 2.28. The molecule has 0 aliphatic heterocycles. The summed E-state index contributed by atoms with van der Waals surface area (Å²) in [6.45, 7) is 5.51. The third-order valence-corrected chi connectivity index (χ3v) is 4.30. The molecule has 0 unspecified atom stereocenters. The highest BCUT2D eigenvalue weighted by molar-refractivity contribution is 7.13. The van der Waals surface area contributed by atoms with Crippen molar-refractivity contribution in [3.8, 4) is 11.5 Å². The van der Waals surface area contributed by atoms with E-state index in [1.807, 2.05) is 13.8 Å². The zero-order chi connectivity index (χ0) is 21.2. The third-order valence-electron chi connectivity index (χ3n) is 3.43. The number of nitrogens with zero attached hydrogens (tertiary/aromatic N) is 1. The van der Waals surface area contributed by atoms with Gasteiger partial charge < -0.3 is 19.5 Å². The molecule has 10 heteroatoms. The van der Waals surface area contributed by atoms with E-state index in [4.69, 9.17) is 14.2 Å². The molecule has 9 nitrogen and oxygen atoms in total. The molecule has 2 amide bonds. The monoisotopic (exact) mass is 421 g/mol. The number of nitrogens with one attached hydrogen (secondary N) is 2. The predicted octanol–water partition coefficient (Wildman–Crippen LogP) is 2.16. The smallest absolute Gasteiger partial charge is 0.325 e. The maximum atomic E-state index is 12.3. The van der Waals surface area contributed by atoms with Crippen molar-refractivity contribution in [2.75, 3.05) is 31.7 Å². The van der Waals surface area contributed by atoms with Gasteiger partial charge in [-0.1, -0.05) is 0 Å². The quantitative estimate of drug-likeness (QED) is 0.565. The number of benzene rings is 1. The molecule has 0 fully saturated rings. The summed E-state index contributed by atoms with van der Waals surface area (Å²) in [5, 5.41) is 7.18. The maximum absolute atomic E-state index is 12.3. The lowest BCUT2D eigenvalue weighted by atomic mass is 10.2. The van der Waals surface area contributed by atoms with Gasteiger partial charge in [-0.25, -0.2) is 4.98 Å². The van der Waals surface area contributed by atoms with Gasteiger partial charge in [0.05, 0.1) is 18.9 Å². The maximum Gasteiger partial charge on any atom is 0.325 e. The Morgan fingerprint density at radius 2 is 1.83 bits per heavy atom. The fourth-order valence-corrected chi connectivity index (χ4v) is 2.92. The lowest BCUT2D eigenvalue weighted by Crippen LogP contribution is -2.32. The van der Waals surface area contributed by atoms with Crippen molar-refractivity contribution in [2.24, 2.45) is 0 Å². The Morgan fingerprint density at radius 3 is 2.48 bits per heavy atom. The average Bonchev–Trinajstić information content (AvgIpc) is 3.10. The second kappa shape index (κ2) is 11.0. The number of aryl methyl sites for hydroxylation is 1. The van der Waals surface area contributed by atoms with Crippen molar-refractivity contribution >= 4 is 34.3 Å². The van der Waals surface area contributed by atoms with Gasteiger partial charge in [-0.3, -0.25) is 19.7 Å². The summed E-state index contributed by atoms with van der Waals surface area (Å²) in [6.07, 6.45) is 0. The average molecular weight is 421 g/mol. The number of hydrogen-bond acceptors (Lipinski definition) is 8. The van der Waals surface area contributed by atoms with E-state index in [1.165, 1.54) is 11.3 Å². The molecular weight excluding hydrogens is 398 g/mol. The van der Waals surface area contributed by atoms with Crippen LogP contribution in [-0.4, -0.2) is 49.1 Å². The molecule has 1 aromatic heterocycles. The van der Waals surface area contributed by atoms with Crippen LogP contribution in [0.15, 0.2) is 23.6 Å². The van der Waals surface area contributed by atoms with Gasteiger partial charge in [0.1, 0.15) is 6.54 Å². The second-order valence-corrected chi connectivity index (χ2v) is 6.57. The molecule has 0 radical (unpaired) electrons. The van der Waals surface area contributed by atoms with Gasteiger partial charge in [-0.15, -0.1) is 11.3 Å². The van der Waals surface area contributed by atoms with Gasteiger partial charge in [0.25, 0.3) is 11.8 Å². The van der Waals surface area contributed by atoms with E-state index in [2.05, 4.69) is 15.6 Å². The van der Waals surface area contributed by atoms with E-state index in [9.17, 15) is 14.4 Å². The minimum absolute atomic E-state index is 0.307. The van der Waals surface area contributed by atoms with Crippen LogP contribution in [0.25, 0.3) is 0 Å². The van der Waals surface area contributed by atoms with Crippen LogP contribution in [0.5, 0.6) is 11.5 Å². The Balaban J connectivity index is 1.81. The van der Waals surface area contributed by atoms with Gasteiger partial charge in [-0.05, 0) is 39.0 Å². The minimum atomic E-state index is -0.736. The van der Waals surface area contributed by atoms with Gasteiger partial charge in [0, 0.05) is 10.9 Å². The van der Waals surface area contributed by atoms with Crippen molar-refractivity contribution in [2.45, 2.75) is 20.8 Å². The largest absolute Gasteiger partial charge is 0.490 e. The topological polar surface area (TPSA) is 116 Å². The summed E-state index contributed by atoms with van der Waals surface area (Å²) in [6, 6.07) is 4.74. The van der Waals surface area contributed by atoms with Crippen molar-refractivity contribution in [1.29, 1.82) is 0 Å². The number of carbonyl (C=O) groups is 3. The molecule has 1 aromatic carbocycles. The van der Waals surface area contributed by atoms with Crippen LogP contribution in [0, 0.1) is 6.92 Å². The fraction of sp³-hybridized carbons (Fsp3) is 0.368. The van der Waals surface area contributed by atoms with Crippen LogP contribution < -0.4 is 20.1 Å². The minimum Gasteiger partial charge on any atom is -0.490 e. The van der Waals surface area contributed by atoms with Crippen molar-refractivity contribution in [1.82, 2.24) is 10.3 Å². The molecular formula is C19H23N3O6S. The fourth-order valence-electron chi connectivity index (χ4n) is 2.21. The summed E-state index contributed by atoms with van der Waals surface area (Å²) >= 11 is 1.27. The van der Waals surface area contributed by atoms with Gasteiger partial charge in [0.2, 0.25) is 0 Å². The van der Waals surface area contributed by atoms with Crippen LogP contribution in [-0.2, 0) is 14.3 Å². The van der Waals surface area contributed by atoms with E-state index >= 15 is 0 Å². The molecule has 29 heavy (non-hydrogen) atoms. The summed E-state index contributed by atoms with van der Waals surface area (Å²) in [4.78, 5) is 39.8. The van der Waals surface area contributed by atoms with Crippen LogP contribution in [0.1, 0.15) is 29.9 Å². The number of anilines is 1. The summed E-state index contributed by atoms with van der Waals surface area (Å²) in [5.41, 5.74) is 1.09. The van der Waals surface area contributed by atoms with Crippen LogP contribution in [0.2, 0.25) is 0 Å². The Bertz CT molecular complexity index is 867. The van der Waals surface area contributed by atoms with Gasteiger partial charge in [-0.2, -0.15) is 0 Å². The van der Waals surface area contributed by atoms with E-state index in [1.54, 1.807) is 30.5 Å². The zero-order valence-electron chi connectivity index (χ0n) is 16.4. The van der Waals surface area contributed by atoms with E-state index in [0.29, 0.717) is 35.4 Å². The lowest BCUT2D eigenvalue weighted by Gasteiger charge is -2.12. The SMILES string of the molecule is CCOc1ccc(C(=O)NCC(=O)OCC(=O)Nc2nc(C)cs2)cc1OCC. The zero-order valence-corrected chi connectivity index (χ0v) is 17.3. The molecule has 156 valence electrons. The molecule has 0 saturated heterocycles. The van der Waals surface area contributed by atoms with Crippen LogP contribution in [0.3, 0.4) is 0 Å². The molecule has 0 aliphatic carbocycles. The van der Waals surface area contributed by atoms with E-state index in [0.717, 1.165) is 5.69 Å². The second-order valence-electron chi connectivity index (χ2n) is 5.71. The van der Waals surface area contributed by atoms with Gasteiger partial charge in [0.15, 0.2) is 23.2 Å². The van der Waals surface area contributed by atoms with Gasteiger partial charge >= 0.3 is 5.97 Å². The van der Waals surface area contributed by atoms with E-state index in [-0.39, 0.29) is 6.54 Å². The lowest BCUT2D eigenvalue weighted by molar-refractivity contribution is -0.146. The van der Waals surface area contributed by atoms with Crippen molar-refractivity contribution in [3.05, 3.63) is 34.8 Å². The first kappa shape index (κ1) is 22.2. The Hall–Kier alpha value is -3.14. The Morgan fingerprint density at radius 1 is 1.10 bits per heavy atom. The summed E-state index contributed by atoms with van der Waals surface area (Å²) in [7, 11) is 0. The van der Waals surface area contributed by atoms with Crippen LogP contribution >= 0.6 is 11.3 Å². The predicted molar refractivity (Wildman–Crippen MR) is 108 cm³/mol. The highest BCUT2D eigenvalue weighted by Gasteiger charge is 2.14. The number of hydrogen-bond donors (Lipinski definition) is 2. The molecule has 2 rings (SSSR count). The summed E-state index contributed by atoms with van der Waals surface area (Å²) < 4.78 is 15.8. The number of amides is 2. The number of aromatic nitrogens is 1. The molecule has 1 heterocycles. The molecule has 0 saturated carbocycles. The first-order chi connectivity index (χ1) is 13.9. The molecule has 0 spiro atoms. The van der Waals surface area contributed by atoms with Crippen LogP contribution in [0.4, 0.5) is 5.13 Å². The van der Waals surface area contributed by atoms with Crippen molar-refractivity contribution in [3.63, 3.8) is 0 Å². The summed E-state index contributed by atoms with van der Waals surface area (Å²) in [5.74, 6) is -0.745. The first-order valence-electron chi connectivity index (χ1n) is 8.98. The normalized spacial score (nSPS) is 10.2. The van der Waals surface area contributed by atoms with Crippen molar-refractivity contribution < 1.29 is 28.6 Å². The van der Waals surface area contributed by atoms with E-state index < -0.39 is 24.4 Å². The Kier molecular flexibility index (Phi) is 8.41.